The summed E-state index contributed by atoms with van der Waals surface area (Å²) in [5.74, 6) is -1.58. The summed E-state index contributed by atoms with van der Waals surface area (Å²) in [6.45, 7) is 0. The molecule has 5 nitrogen and oxygen atoms in total. The molecule has 0 fully saturated rings. The van der Waals surface area contributed by atoms with Crippen molar-refractivity contribution in [2.75, 3.05) is 7.11 Å². The highest BCUT2D eigenvalue weighted by atomic mass is 19.1. The van der Waals surface area contributed by atoms with Gasteiger partial charge in [-0.15, -0.1) is 0 Å². The molecular formula is C12H9FN2O3. The van der Waals surface area contributed by atoms with Crippen molar-refractivity contribution in [3.8, 4) is 17.1 Å². The molecule has 1 aromatic heterocycles. The van der Waals surface area contributed by atoms with E-state index in [4.69, 9.17) is 9.84 Å². The van der Waals surface area contributed by atoms with Crippen LogP contribution in [-0.2, 0) is 0 Å². The second kappa shape index (κ2) is 4.79. The third kappa shape index (κ3) is 2.13. The molecule has 0 amide bonds. The second-order valence-electron chi connectivity index (χ2n) is 3.41. The lowest BCUT2D eigenvalue weighted by atomic mass is 10.0. The molecule has 6 heteroatoms. The zero-order chi connectivity index (χ0) is 13.1. The summed E-state index contributed by atoms with van der Waals surface area (Å²) in [6, 6.07) is 3.35. The Morgan fingerprint density at radius 1 is 1.33 bits per heavy atom. The van der Waals surface area contributed by atoms with Gasteiger partial charge in [-0.05, 0) is 18.2 Å². The Kier molecular flexibility index (Phi) is 3.18. The van der Waals surface area contributed by atoms with Crippen LogP contribution in [0.25, 0.3) is 11.3 Å². The van der Waals surface area contributed by atoms with Crippen LogP contribution < -0.4 is 4.74 Å². The molecule has 0 atom stereocenters. The van der Waals surface area contributed by atoms with Gasteiger partial charge in [0.25, 0.3) is 0 Å². The molecule has 0 radical (unpaired) electrons. The number of aromatic nitrogens is 2. The number of benzene rings is 1. The van der Waals surface area contributed by atoms with E-state index in [2.05, 4.69) is 9.97 Å². The summed E-state index contributed by atoms with van der Waals surface area (Å²) in [5, 5.41) is 9.07. The van der Waals surface area contributed by atoms with Crippen LogP contribution in [-0.4, -0.2) is 28.2 Å². The molecule has 0 saturated heterocycles. The molecule has 0 unspecified atom stereocenters. The van der Waals surface area contributed by atoms with E-state index in [9.17, 15) is 9.18 Å². The highest BCUT2D eigenvalue weighted by molar-refractivity contribution is 5.96. The van der Waals surface area contributed by atoms with Gasteiger partial charge in [0.1, 0.15) is 11.5 Å². The maximum absolute atomic E-state index is 13.2. The molecule has 0 aliphatic carbocycles. The first-order valence-corrected chi connectivity index (χ1v) is 5.01. The zero-order valence-electron chi connectivity index (χ0n) is 9.42. The third-order valence-electron chi connectivity index (χ3n) is 2.33. The monoisotopic (exact) mass is 248 g/mol. The predicted octanol–water partition coefficient (Wildman–Crippen LogP) is 1.99. The number of ether oxygens (including phenoxy) is 1. The van der Waals surface area contributed by atoms with Gasteiger partial charge in [0, 0.05) is 18.0 Å². The first-order valence-electron chi connectivity index (χ1n) is 5.01. The summed E-state index contributed by atoms with van der Waals surface area (Å²) < 4.78 is 18.2. The molecule has 1 N–H and O–H groups in total. The van der Waals surface area contributed by atoms with E-state index in [1.165, 1.54) is 25.6 Å². The van der Waals surface area contributed by atoms with E-state index in [1.54, 1.807) is 0 Å². The molecule has 1 aromatic carbocycles. The maximum Gasteiger partial charge on any atom is 0.336 e. The van der Waals surface area contributed by atoms with Gasteiger partial charge < -0.3 is 9.84 Å². The van der Waals surface area contributed by atoms with Gasteiger partial charge in [-0.3, -0.25) is 0 Å². The first-order chi connectivity index (χ1) is 8.63. The lowest BCUT2D eigenvalue weighted by Crippen LogP contribution is -2.03. The van der Waals surface area contributed by atoms with Crippen LogP contribution >= 0.6 is 0 Å². The van der Waals surface area contributed by atoms with Crippen molar-refractivity contribution in [1.29, 1.82) is 0 Å². The summed E-state index contributed by atoms with van der Waals surface area (Å²) in [5.41, 5.74) is 0.263. The number of hydrogen-bond donors (Lipinski definition) is 1. The van der Waals surface area contributed by atoms with Crippen LogP contribution in [0.3, 0.4) is 0 Å². The number of halogens is 1. The molecule has 0 saturated carbocycles. The maximum atomic E-state index is 13.2. The fourth-order valence-electron chi connectivity index (χ4n) is 1.56. The number of carboxylic acid groups (broad SMARTS) is 1. The van der Waals surface area contributed by atoms with Crippen molar-refractivity contribution in [3.63, 3.8) is 0 Å². The van der Waals surface area contributed by atoms with Gasteiger partial charge in [0.15, 0.2) is 0 Å². The second-order valence-corrected chi connectivity index (χ2v) is 3.41. The van der Waals surface area contributed by atoms with E-state index in [1.807, 2.05) is 0 Å². The van der Waals surface area contributed by atoms with Crippen molar-refractivity contribution in [2.24, 2.45) is 0 Å². The van der Waals surface area contributed by atoms with Crippen molar-refractivity contribution >= 4 is 5.97 Å². The van der Waals surface area contributed by atoms with Crippen molar-refractivity contribution < 1.29 is 19.0 Å². The Hall–Kier alpha value is -2.50. The van der Waals surface area contributed by atoms with Crippen LogP contribution in [0.15, 0.2) is 30.6 Å². The van der Waals surface area contributed by atoms with Gasteiger partial charge in [0.2, 0.25) is 5.88 Å². The molecule has 0 bridgehead atoms. The van der Waals surface area contributed by atoms with Crippen LogP contribution in [0.1, 0.15) is 10.4 Å². The van der Waals surface area contributed by atoms with Crippen molar-refractivity contribution in [1.82, 2.24) is 9.97 Å². The molecule has 1 heterocycles. The number of aromatic carboxylic acids is 1. The van der Waals surface area contributed by atoms with Gasteiger partial charge in [-0.2, -0.15) is 0 Å². The predicted molar refractivity (Wildman–Crippen MR) is 60.9 cm³/mol. The number of methoxy groups -OCH3 is 1. The minimum Gasteiger partial charge on any atom is -0.479 e. The van der Waals surface area contributed by atoms with Gasteiger partial charge in [-0.1, -0.05) is 0 Å². The molecule has 0 spiro atoms. The Balaban J connectivity index is 2.69. The summed E-state index contributed by atoms with van der Waals surface area (Å²) in [7, 11) is 1.38. The molecule has 0 aliphatic rings. The Bertz CT molecular complexity index is 602. The number of nitrogens with zero attached hydrogens (tertiary/aromatic N) is 2. The normalized spacial score (nSPS) is 10.1. The van der Waals surface area contributed by atoms with Crippen LogP contribution in [0.4, 0.5) is 4.39 Å². The molecule has 2 rings (SSSR count). The fraction of sp³-hybridized carbons (Fsp3) is 0.0833. The number of carboxylic acids is 1. The SMILES string of the molecule is COc1nccnc1-c1cc(F)ccc1C(=O)O. The summed E-state index contributed by atoms with van der Waals surface area (Å²) in [4.78, 5) is 19.0. The quantitative estimate of drug-likeness (QED) is 0.899. The fourth-order valence-corrected chi connectivity index (χ4v) is 1.56. The summed E-state index contributed by atoms with van der Waals surface area (Å²) >= 11 is 0. The minimum atomic E-state index is -1.17. The highest BCUT2D eigenvalue weighted by Crippen LogP contribution is 2.29. The van der Waals surface area contributed by atoms with E-state index in [-0.39, 0.29) is 22.7 Å². The van der Waals surface area contributed by atoms with Crippen LogP contribution in [0.2, 0.25) is 0 Å². The highest BCUT2D eigenvalue weighted by Gasteiger charge is 2.17. The average Bonchev–Trinajstić information content (AvgIpc) is 2.38. The van der Waals surface area contributed by atoms with Crippen LogP contribution in [0, 0.1) is 5.82 Å². The largest absolute Gasteiger partial charge is 0.479 e. The Morgan fingerprint density at radius 3 is 2.72 bits per heavy atom. The number of rotatable bonds is 3. The third-order valence-corrected chi connectivity index (χ3v) is 2.33. The van der Waals surface area contributed by atoms with Crippen molar-refractivity contribution in [2.45, 2.75) is 0 Å². The van der Waals surface area contributed by atoms with E-state index >= 15 is 0 Å². The standard InChI is InChI=1S/C12H9FN2O3/c1-18-11-10(14-4-5-15-11)9-6-7(13)2-3-8(9)12(16)17/h2-6H,1H3,(H,16,17). The van der Waals surface area contributed by atoms with E-state index in [0.717, 1.165) is 12.1 Å². The number of hydrogen-bond acceptors (Lipinski definition) is 4. The molecule has 92 valence electrons. The van der Waals surface area contributed by atoms with Gasteiger partial charge in [-0.25, -0.2) is 19.2 Å². The Labute approximate surface area is 102 Å². The molecular weight excluding hydrogens is 239 g/mol. The topological polar surface area (TPSA) is 72.3 Å². The van der Waals surface area contributed by atoms with Crippen LogP contribution in [0.5, 0.6) is 5.88 Å². The summed E-state index contributed by atoms with van der Waals surface area (Å²) in [6.07, 6.45) is 2.79. The Morgan fingerprint density at radius 2 is 2.06 bits per heavy atom. The zero-order valence-corrected chi connectivity index (χ0v) is 9.42. The lowest BCUT2D eigenvalue weighted by molar-refractivity contribution is 0.0697. The van der Waals surface area contributed by atoms with Gasteiger partial charge in [0.05, 0.1) is 12.7 Å². The lowest BCUT2D eigenvalue weighted by Gasteiger charge is -2.08. The van der Waals surface area contributed by atoms with E-state index in [0.29, 0.717) is 0 Å². The number of carbonyl (C=O) groups is 1. The molecule has 18 heavy (non-hydrogen) atoms. The minimum absolute atomic E-state index is 0.0600. The first kappa shape index (κ1) is 12.0. The van der Waals surface area contributed by atoms with Crippen molar-refractivity contribution in [3.05, 3.63) is 42.0 Å². The van der Waals surface area contributed by atoms with Gasteiger partial charge >= 0.3 is 5.97 Å². The smallest absolute Gasteiger partial charge is 0.336 e. The average molecular weight is 248 g/mol. The molecule has 0 aliphatic heterocycles. The molecule has 2 aromatic rings. The van der Waals surface area contributed by atoms with E-state index < -0.39 is 11.8 Å².